The summed E-state index contributed by atoms with van der Waals surface area (Å²) in [6.45, 7) is 1.17. The van der Waals surface area contributed by atoms with Crippen LogP contribution in [-0.2, 0) is 0 Å². The molecule has 0 aromatic carbocycles. The van der Waals surface area contributed by atoms with E-state index in [1.807, 2.05) is 0 Å². The second kappa shape index (κ2) is 2.10. The molecule has 2 heteroatoms. The number of fused-ring (bicyclic) bond motifs is 1. The van der Waals surface area contributed by atoms with Crippen LogP contribution in [0.3, 0.4) is 0 Å². The van der Waals surface area contributed by atoms with Crippen LogP contribution in [-0.4, -0.2) is 18.9 Å². The zero-order valence-corrected chi connectivity index (χ0v) is 5.51. The molecule has 2 heterocycles. The molecule has 0 aliphatic carbocycles. The lowest BCUT2D eigenvalue weighted by Crippen LogP contribution is -2.37. The summed E-state index contributed by atoms with van der Waals surface area (Å²) >= 11 is 0. The molecule has 2 aliphatic rings. The highest BCUT2D eigenvalue weighted by molar-refractivity contribution is 5.60. The maximum Gasteiger partial charge on any atom is 0.102 e. The number of nitrogens with one attached hydrogen (secondary N) is 1. The molecule has 2 nitrogen and oxygen atoms in total. The van der Waals surface area contributed by atoms with Crippen molar-refractivity contribution in [2.75, 3.05) is 6.54 Å². The minimum Gasteiger partial charge on any atom is -0.296 e. The van der Waals surface area contributed by atoms with Crippen molar-refractivity contribution in [2.45, 2.75) is 25.4 Å². The van der Waals surface area contributed by atoms with Crippen molar-refractivity contribution in [2.24, 2.45) is 10.9 Å². The lowest BCUT2D eigenvalue weighted by molar-refractivity contribution is 0.314. The summed E-state index contributed by atoms with van der Waals surface area (Å²) in [7, 11) is 0. The fraction of sp³-hybridized carbons (Fsp3) is 0.857. The van der Waals surface area contributed by atoms with E-state index in [0.29, 0.717) is 6.17 Å². The Labute approximate surface area is 55.4 Å². The van der Waals surface area contributed by atoms with E-state index in [9.17, 15) is 0 Å². The van der Waals surface area contributed by atoms with E-state index in [1.165, 1.54) is 25.8 Å². The van der Waals surface area contributed by atoms with Crippen molar-refractivity contribution in [3.63, 3.8) is 0 Å². The van der Waals surface area contributed by atoms with Crippen LogP contribution in [0.4, 0.5) is 0 Å². The molecule has 1 fully saturated rings. The van der Waals surface area contributed by atoms with Gasteiger partial charge in [-0.1, -0.05) is 0 Å². The highest BCUT2D eigenvalue weighted by Gasteiger charge is 2.25. The molecule has 0 spiro atoms. The Bertz CT molecular complexity index is 131. The Kier molecular flexibility index (Phi) is 1.27. The van der Waals surface area contributed by atoms with Gasteiger partial charge >= 0.3 is 0 Å². The molecule has 50 valence electrons. The summed E-state index contributed by atoms with van der Waals surface area (Å²) in [5.41, 5.74) is 0. The zero-order valence-electron chi connectivity index (χ0n) is 5.51. The first-order valence-corrected chi connectivity index (χ1v) is 3.72. The second-order valence-corrected chi connectivity index (χ2v) is 2.87. The number of rotatable bonds is 0. The minimum absolute atomic E-state index is 0.485. The van der Waals surface area contributed by atoms with Gasteiger partial charge in [0.2, 0.25) is 0 Å². The van der Waals surface area contributed by atoms with Crippen molar-refractivity contribution < 1.29 is 0 Å². The van der Waals surface area contributed by atoms with Crippen LogP contribution < -0.4 is 5.32 Å². The number of hydrogen-bond donors (Lipinski definition) is 1. The van der Waals surface area contributed by atoms with Crippen molar-refractivity contribution >= 4 is 6.21 Å². The van der Waals surface area contributed by atoms with Crippen molar-refractivity contribution in [3.8, 4) is 0 Å². The molecular weight excluding hydrogens is 112 g/mol. The Morgan fingerprint density at radius 1 is 1.56 bits per heavy atom. The molecule has 0 saturated carbocycles. The van der Waals surface area contributed by atoms with Gasteiger partial charge < -0.3 is 0 Å². The number of piperidine rings is 1. The molecule has 1 saturated heterocycles. The number of aliphatic imine (C=N–C) groups is 1. The van der Waals surface area contributed by atoms with Gasteiger partial charge in [0.15, 0.2) is 0 Å². The molecule has 0 unspecified atom stereocenters. The zero-order chi connectivity index (χ0) is 6.10. The van der Waals surface area contributed by atoms with Crippen molar-refractivity contribution in [1.82, 2.24) is 5.32 Å². The number of hydrogen-bond acceptors (Lipinski definition) is 2. The maximum absolute atomic E-state index is 4.32. The first-order chi connectivity index (χ1) is 4.47. The summed E-state index contributed by atoms with van der Waals surface area (Å²) < 4.78 is 0. The van der Waals surface area contributed by atoms with Crippen LogP contribution in [0.2, 0.25) is 0 Å². The summed E-state index contributed by atoms with van der Waals surface area (Å²) in [5.74, 6) is 0.832. The van der Waals surface area contributed by atoms with Gasteiger partial charge in [0, 0.05) is 6.21 Å². The van der Waals surface area contributed by atoms with Crippen molar-refractivity contribution in [1.29, 1.82) is 0 Å². The monoisotopic (exact) mass is 124 g/mol. The maximum atomic E-state index is 4.32. The number of nitrogens with zero attached hydrogens (tertiary/aromatic N) is 1. The molecule has 0 aromatic heterocycles. The average Bonchev–Trinajstić information content (AvgIpc) is 2.33. The summed E-state index contributed by atoms with van der Waals surface area (Å²) in [5, 5.41) is 3.38. The second-order valence-electron chi connectivity index (χ2n) is 2.87. The van der Waals surface area contributed by atoms with Gasteiger partial charge in [0.05, 0.1) is 0 Å². The van der Waals surface area contributed by atoms with Crippen LogP contribution in [0, 0.1) is 5.92 Å². The van der Waals surface area contributed by atoms with Crippen LogP contribution in [0.5, 0.6) is 0 Å². The van der Waals surface area contributed by atoms with E-state index >= 15 is 0 Å². The topological polar surface area (TPSA) is 24.4 Å². The smallest absolute Gasteiger partial charge is 0.102 e. The van der Waals surface area contributed by atoms with E-state index < -0.39 is 0 Å². The largest absolute Gasteiger partial charge is 0.296 e. The molecule has 9 heavy (non-hydrogen) atoms. The lowest BCUT2D eigenvalue weighted by Gasteiger charge is -2.24. The fourth-order valence-corrected chi connectivity index (χ4v) is 1.67. The third kappa shape index (κ3) is 0.874. The van der Waals surface area contributed by atoms with Gasteiger partial charge in [-0.25, -0.2) is 0 Å². The predicted molar refractivity (Wildman–Crippen MR) is 37.6 cm³/mol. The van der Waals surface area contributed by atoms with E-state index in [4.69, 9.17) is 0 Å². The molecule has 0 radical (unpaired) electrons. The molecule has 2 rings (SSSR count). The van der Waals surface area contributed by atoms with E-state index in [1.54, 1.807) is 0 Å². The third-order valence-electron chi connectivity index (χ3n) is 2.23. The SMILES string of the molecule is C1=N[C@@H]2NCCC[C@H]2C1. The van der Waals surface area contributed by atoms with E-state index in [0.717, 1.165) is 5.92 Å². The molecule has 0 amide bonds. The fourth-order valence-electron chi connectivity index (χ4n) is 1.67. The van der Waals surface area contributed by atoms with Crippen LogP contribution in [0.15, 0.2) is 4.99 Å². The van der Waals surface area contributed by atoms with Gasteiger partial charge in [0.25, 0.3) is 0 Å². The van der Waals surface area contributed by atoms with Gasteiger partial charge in [-0.3, -0.25) is 10.3 Å². The predicted octanol–water partition coefficient (Wildman–Crippen LogP) is 0.787. The highest BCUT2D eigenvalue weighted by atomic mass is 15.1. The molecule has 0 aromatic rings. The molecule has 1 N–H and O–H groups in total. The molecular formula is C7H12N2. The summed E-state index contributed by atoms with van der Waals surface area (Å²) in [6.07, 6.45) is 6.46. The van der Waals surface area contributed by atoms with Gasteiger partial charge in [-0.05, 0) is 31.7 Å². The van der Waals surface area contributed by atoms with Crippen molar-refractivity contribution in [3.05, 3.63) is 0 Å². The molecule has 2 atom stereocenters. The summed E-state index contributed by atoms with van der Waals surface area (Å²) in [4.78, 5) is 4.32. The highest BCUT2D eigenvalue weighted by Crippen LogP contribution is 2.23. The molecule has 0 bridgehead atoms. The normalized spacial score (nSPS) is 40.9. The Morgan fingerprint density at radius 3 is 3.44 bits per heavy atom. The van der Waals surface area contributed by atoms with Gasteiger partial charge in [-0.15, -0.1) is 0 Å². The third-order valence-corrected chi connectivity index (χ3v) is 2.23. The Balaban J connectivity index is 2.03. The van der Waals surface area contributed by atoms with Crippen LogP contribution >= 0.6 is 0 Å². The van der Waals surface area contributed by atoms with Crippen LogP contribution in [0.1, 0.15) is 19.3 Å². The summed E-state index contributed by atoms with van der Waals surface area (Å²) in [6, 6.07) is 0. The Morgan fingerprint density at radius 2 is 2.56 bits per heavy atom. The quantitative estimate of drug-likeness (QED) is 0.507. The molecule has 2 aliphatic heterocycles. The van der Waals surface area contributed by atoms with Crippen LogP contribution in [0.25, 0.3) is 0 Å². The average molecular weight is 124 g/mol. The Hall–Kier alpha value is -0.370. The standard InChI is InChI=1S/C7H12N2/c1-2-6-3-5-9-7(6)8-4-1/h5-8H,1-4H2/t6-,7-/m0/s1. The van der Waals surface area contributed by atoms with E-state index in [2.05, 4.69) is 16.5 Å². The first kappa shape index (κ1) is 5.42. The first-order valence-electron chi connectivity index (χ1n) is 3.72. The van der Waals surface area contributed by atoms with E-state index in [-0.39, 0.29) is 0 Å². The van der Waals surface area contributed by atoms with Gasteiger partial charge in [0.1, 0.15) is 6.17 Å². The lowest BCUT2D eigenvalue weighted by atomic mass is 9.96. The minimum atomic E-state index is 0.485. The van der Waals surface area contributed by atoms with Gasteiger partial charge in [-0.2, -0.15) is 0 Å².